The van der Waals surface area contributed by atoms with Gasteiger partial charge in [0.15, 0.2) is 0 Å². The summed E-state index contributed by atoms with van der Waals surface area (Å²) in [5, 5.41) is 0. The molecule has 1 unspecified atom stereocenters. The van der Waals surface area contributed by atoms with Gasteiger partial charge in [0, 0.05) is 11.3 Å². The van der Waals surface area contributed by atoms with Crippen molar-refractivity contribution in [1.29, 1.82) is 0 Å². The highest BCUT2D eigenvalue weighted by molar-refractivity contribution is 5.52. The van der Waals surface area contributed by atoms with Gasteiger partial charge in [-0.1, -0.05) is 127 Å². The first-order valence-electron chi connectivity index (χ1n) is 14.6. The van der Waals surface area contributed by atoms with Crippen LogP contribution in [-0.2, 0) is 11.8 Å². The van der Waals surface area contributed by atoms with Gasteiger partial charge in [-0.2, -0.15) is 0 Å². The molecule has 5 aromatic rings. The molecule has 0 N–H and O–H groups in total. The predicted octanol–water partition coefficient (Wildman–Crippen LogP) is 10.3. The Morgan fingerprint density at radius 2 is 1.02 bits per heavy atom. The molecule has 0 aliphatic rings. The van der Waals surface area contributed by atoms with E-state index in [-0.39, 0.29) is 5.41 Å². The SMILES string of the molecule is Cc1cc(C)c(C)c(Cc2cc(C)cc(C)c2C(C)c2ccc(C(C)(c3ccccc3)c3ccccc3)cc2)c1. The summed E-state index contributed by atoms with van der Waals surface area (Å²) >= 11 is 0. The first-order chi connectivity index (χ1) is 19.2. The summed E-state index contributed by atoms with van der Waals surface area (Å²) in [6.07, 6.45) is 0.967. The van der Waals surface area contributed by atoms with E-state index in [9.17, 15) is 0 Å². The number of rotatable bonds is 7. The molecule has 0 fully saturated rings. The van der Waals surface area contributed by atoms with Gasteiger partial charge in [-0.25, -0.2) is 0 Å². The van der Waals surface area contributed by atoms with Crippen LogP contribution in [0.15, 0.2) is 109 Å². The Bertz CT molecular complexity index is 1570. The first-order valence-corrected chi connectivity index (χ1v) is 14.6. The van der Waals surface area contributed by atoms with Crippen LogP contribution in [0.5, 0.6) is 0 Å². The molecule has 5 rings (SSSR count). The van der Waals surface area contributed by atoms with Gasteiger partial charge in [-0.05, 0) is 104 Å². The summed E-state index contributed by atoms with van der Waals surface area (Å²) < 4.78 is 0. The fraction of sp³-hybridized carbons (Fsp3) is 0.250. The van der Waals surface area contributed by atoms with E-state index in [0.29, 0.717) is 5.92 Å². The van der Waals surface area contributed by atoms with Gasteiger partial charge in [0.05, 0.1) is 0 Å². The van der Waals surface area contributed by atoms with Gasteiger partial charge < -0.3 is 0 Å². The third-order valence-electron chi connectivity index (χ3n) is 9.04. The van der Waals surface area contributed by atoms with Gasteiger partial charge in [0.25, 0.3) is 0 Å². The topological polar surface area (TPSA) is 0 Å². The zero-order valence-corrected chi connectivity index (χ0v) is 25.2. The van der Waals surface area contributed by atoms with E-state index in [2.05, 4.69) is 158 Å². The molecular weight excluding hydrogens is 480 g/mol. The Kier molecular flexibility index (Phi) is 7.81. The van der Waals surface area contributed by atoms with Gasteiger partial charge in [-0.3, -0.25) is 0 Å². The molecule has 0 spiro atoms. The summed E-state index contributed by atoms with van der Waals surface area (Å²) in [6.45, 7) is 15.9. The Morgan fingerprint density at radius 3 is 1.57 bits per heavy atom. The molecular formula is C40H42. The van der Waals surface area contributed by atoms with Gasteiger partial charge >= 0.3 is 0 Å². The average molecular weight is 523 g/mol. The number of aryl methyl sites for hydroxylation is 4. The maximum Gasteiger partial charge on any atom is 0.0423 e. The standard InChI is InChI=1S/C40H42/c1-27-22-29(3)31(5)34(24-27)26-35-25-28(2)23-30(4)39(35)32(6)33-18-20-38(21-19-33)40(7,36-14-10-8-11-15-36)37-16-12-9-13-17-37/h8-25,32H,26H2,1-7H3. The van der Waals surface area contributed by atoms with E-state index < -0.39 is 0 Å². The second kappa shape index (κ2) is 11.3. The third kappa shape index (κ3) is 5.28. The lowest BCUT2D eigenvalue weighted by atomic mass is 9.70. The zero-order chi connectivity index (χ0) is 28.4. The second-order valence-electron chi connectivity index (χ2n) is 11.9. The molecule has 202 valence electrons. The van der Waals surface area contributed by atoms with E-state index in [4.69, 9.17) is 0 Å². The van der Waals surface area contributed by atoms with E-state index in [1.165, 1.54) is 66.8 Å². The molecule has 0 aromatic heterocycles. The lowest BCUT2D eigenvalue weighted by Gasteiger charge is -2.32. The molecule has 1 atom stereocenters. The van der Waals surface area contributed by atoms with Crippen molar-refractivity contribution in [2.75, 3.05) is 0 Å². The van der Waals surface area contributed by atoms with Crippen LogP contribution in [-0.4, -0.2) is 0 Å². The van der Waals surface area contributed by atoms with Crippen LogP contribution in [0, 0.1) is 34.6 Å². The monoisotopic (exact) mass is 522 g/mol. The maximum atomic E-state index is 2.41. The number of hydrogen-bond acceptors (Lipinski definition) is 0. The Hall–Kier alpha value is -3.90. The fourth-order valence-electron chi connectivity index (χ4n) is 6.66. The lowest BCUT2D eigenvalue weighted by Crippen LogP contribution is -2.25. The molecule has 0 aliphatic carbocycles. The van der Waals surface area contributed by atoms with E-state index >= 15 is 0 Å². The van der Waals surface area contributed by atoms with Crippen molar-refractivity contribution in [3.8, 4) is 0 Å². The van der Waals surface area contributed by atoms with Crippen molar-refractivity contribution in [2.24, 2.45) is 0 Å². The predicted molar refractivity (Wildman–Crippen MR) is 172 cm³/mol. The minimum absolute atomic E-state index is 0.226. The van der Waals surface area contributed by atoms with E-state index in [1.54, 1.807) is 0 Å². The molecule has 40 heavy (non-hydrogen) atoms. The Labute approximate surface area is 241 Å². The smallest absolute Gasteiger partial charge is 0.0423 e. The molecule has 0 nitrogen and oxygen atoms in total. The second-order valence-corrected chi connectivity index (χ2v) is 11.9. The molecule has 0 heteroatoms. The molecule has 0 bridgehead atoms. The van der Waals surface area contributed by atoms with Crippen LogP contribution in [0.3, 0.4) is 0 Å². The lowest BCUT2D eigenvalue weighted by molar-refractivity contribution is 0.691. The quantitative estimate of drug-likeness (QED) is 0.187. The van der Waals surface area contributed by atoms with Gasteiger partial charge in [-0.15, -0.1) is 0 Å². The Balaban J connectivity index is 1.55. The van der Waals surface area contributed by atoms with Gasteiger partial charge in [0.1, 0.15) is 0 Å². The van der Waals surface area contributed by atoms with Gasteiger partial charge in [0.2, 0.25) is 0 Å². The highest BCUT2D eigenvalue weighted by Crippen LogP contribution is 2.40. The fourth-order valence-corrected chi connectivity index (χ4v) is 6.66. The molecule has 0 heterocycles. The molecule has 5 aromatic carbocycles. The van der Waals surface area contributed by atoms with Crippen LogP contribution < -0.4 is 0 Å². The number of benzene rings is 5. The summed E-state index contributed by atoms with van der Waals surface area (Å²) in [6, 6.07) is 40.6. The maximum absolute atomic E-state index is 2.41. The van der Waals surface area contributed by atoms with Crippen LogP contribution in [0.25, 0.3) is 0 Å². The average Bonchev–Trinajstić information content (AvgIpc) is 2.95. The molecule has 0 amide bonds. The minimum Gasteiger partial charge on any atom is -0.0622 e. The molecule has 0 saturated carbocycles. The van der Waals surface area contributed by atoms with Crippen molar-refractivity contribution in [3.05, 3.63) is 176 Å². The van der Waals surface area contributed by atoms with Crippen LogP contribution in [0.2, 0.25) is 0 Å². The molecule has 0 aliphatic heterocycles. The molecule has 0 radical (unpaired) electrons. The van der Waals surface area contributed by atoms with Crippen molar-refractivity contribution < 1.29 is 0 Å². The van der Waals surface area contributed by atoms with E-state index in [0.717, 1.165) is 6.42 Å². The molecule has 0 saturated heterocycles. The van der Waals surface area contributed by atoms with Crippen LogP contribution >= 0.6 is 0 Å². The summed E-state index contributed by atoms with van der Waals surface area (Å²) in [7, 11) is 0. The largest absolute Gasteiger partial charge is 0.0622 e. The zero-order valence-electron chi connectivity index (χ0n) is 25.2. The van der Waals surface area contributed by atoms with E-state index in [1.807, 2.05) is 0 Å². The van der Waals surface area contributed by atoms with Crippen molar-refractivity contribution in [3.63, 3.8) is 0 Å². The van der Waals surface area contributed by atoms with Crippen molar-refractivity contribution >= 4 is 0 Å². The Morgan fingerprint density at radius 1 is 0.550 bits per heavy atom. The summed E-state index contributed by atoms with van der Waals surface area (Å²) in [5.41, 5.74) is 16.3. The summed E-state index contributed by atoms with van der Waals surface area (Å²) in [5.74, 6) is 0.301. The summed E-state index contributed by atoms with van der Waals surface area (Å²) in [4.78, 5) is 0. The highest BCUT2D eigenvalue weighted by atomic mass is 14.3. The third-order valence-corrected chi connectivity index (χ3v) is 9.04. The normalized spacial score (nSPS) is 12.4. The van der Waals surface area contributed by atoms with Crippen LogP contribution in [0.4, 0.5) is 0 Å². The van der Waals surface area contributed by atoms with Crippen molar-refractivity contribution in [2.45, 2.75) is 66.2 Å². The number of hydrogen-bond donors (Lipinski definition) is 0. The first kappa shape index (κ1) is 27.7. The highest BCUT2D eigenvalue weighted by Gasteiger charge is 2.31. The minimum atomic E-state index is -0.226. The van der Waals surface area contributed by atoms with Crippen LogP contribution in [0.1, 0.15) is 86.5 Å². The van der Waals surface area contributed by atoms with Crippen molar-refractivity contribution in [1.82, 2.24) is 0 Å².